The summed E-state index contributed by atoms with van der Waals surface area (Å²) in [6.07, 6.45) is 2.45. The van der Waals surface area contributed by atoms with Crippen LogP contribution >= 0.6 is 0 Å². The second kappa shape index (κ2) is 6.35. The smallest absolute Gasteiger partial charge is 0.0462 e. The molecule has 0 bridgehead atoms. The molecule has 78 valence electrons. The molecule has 0 atom stereocenters. The molecular formula is C10H22N2O. The van der Waals surface area contributed by atoms with Crippen LogP contribution in [0.1, 0.15) is 19.8 Å². The van der Waals surface area contributed by atoms with Gasteiger partial charge in [-0.25, -0.2) is 0 Å². The van der Waals surface area contributed by atoms with Crippen molar-refractivity contribution in [3.05, 3.63) is 0 Å². The largest absolute Gasteiger partial charge is 0.385 e. The highest BCUT2D eigenvalue weighted by Crippen LogP contribution is 2.06. The molecule has 1 aliphatic heterocycles. The van der Waals surface area contributed by atoms with Crippen LogP contribution in [-0.4, -0.2) is 50.8 Å². The van der Waals surface area contributed by atoms with E-state index in [2.05, 4.69) is 17.1 Å². The maximum absolute atomic E-state index is 5.03. The standard InChI is InChI=1S/C10H22N2O/c1-3-12(10-8-11-9-10)6-4-5-7-13-2/h10-11H,3-9H2,1-2H3. The molecule has 3 nitrogen and oxygen atoms in total. The van der Waals surface area contributed by atoms with E-state index in [0.29, 0.717) is 0 Å². The van der Waals surface area contributed by atoms with Gasteiger partial charge in [-0.05, 0) is 25.9 Å². The van der Waals surface area contributed by atoms with Crippen molar-refractivity contribution < 1.29 is 4.74 Å². The maximum Gasteiger partial charge on any atom is 0.0462 e. The van der Waals surface area contributed by atoms with E-state index in [1.807, 2.05) is 0 Å². The Balaban J connectivity index is 2.02. The lowest BCUT2D eigenvalue weighted by molar-refractivity contribution is 0.140. The topological polar surface area (TPSA) is 24.5 Å². The van der Waals surface area contributed by atoms with E-state index in [0.717, 1.165) is 12.6 Å². The highest BCUT2D eigenvalue weighted by molar-refractivity contribution is 4.83. The Labute approximate surface area is 81.4 Å². The van der Waals surface area contributed by atoms with E-state index in [-0.39, 0.29) is 0 Å². The minimum atomic E-state index is 0.799. The third-order valence-corrected chi connectivity index (χ3v) is 2.73. The Bertz CT molecular complexity index is 126. The lowest BCUT2D eigenvalue weighted by Gasteiger charge is -2.37. The van der Waals surface area contributed by atoms with E-state index < -0.39 is 0 Å². The Hall–Kier alpha value is -0.120. The number of rotatable bonds is 7. The molecule has 1 aliphatic rings. The molecule has 1 N–H and O–H groups in total. The molecule has 0 radical (unpaired) electrons. The first-order valence-electron chi connectivity index (χ1n) is 5.32. The van der Waals surface area contributed by atoms with Gasteiger partial charge in [0.25, 0.3) is 0 Å². The molecule has 0 aromatic heterocycles. The summed E-state index contributed by atoms with van der Waals surface area (Å²) in [5.74, 6) is 0. The summed E-state index contributed by atoms with van der Waals surface area (Å²) in [7, 11) is 1.77. The molecule has 1 saturated heterocycles. The summed E-state index contributed by atoms with van der Waals surface area (Å²) in [6, 6.07) is 0.799. The van der Waals surface area contributed by atoms with Gasteiger partial charge in [-0.3, -0.25) is 4.90 Å². The highest BCUT2D eigenvalue weighted by Gasteiger charge is 2.22. The van der Waals surface area contributed by atoms with E-state index in [1.165, 1.54) is 39.0 Å². The van der Waals surface area contributed by atoms with Crippen molar-refractivity contribution in [2.75, 3.05) is 39.9 Å². The van der Waals surface area contributed by atoms with Crippen LogP contribution in [-0.2, 0) is 4.74 Å². The van der Waals surface area contributed by atoms with Gasteiger partial charge in [0.2, 0.25) is 0 Å². The fourth-order valence-electron chi connectivity index (χ4n) is 1.69. The van der Waals surface area contributed by atoms with Crippen molar-refractivity contribution in [1.82, 2.24) is 10.2 Å². The fraction of sp³-hybridized carbons (Fsp3) is 1.00. The second-order valence-electron chi connectivity index (χ2n) is 3.64. The Morgan fingerprint density at radius 1 is 1.38 bits per heavy atom. The summed E-state index contributed by atoms with van der Waals surface area (Å²) in [4.78, 5) is 2.56. The number of hydrogen-bond donors (Lipinski definition) is 1. The van der Waals surface area contributed by atoms with Crippen LogP contribution in [0.4, 0.5) is 0 Å². The maximum atomic E-state index is 5.03. The average Bonchev–Trinajstić information content (AvgIpc) is 2.07. The molecular weight excluding hydrogens is 164 g/mol. The first kappa shape index (κ1) is 11.0. The zero-order chi connectivity index (χ0) is 9.52. The van der Waals surface area contributed by atoms with E-state index >= 15 is 0 Å². The van der Waals surface area contributed by atoms with Crippen LogP contribution in [0.25, 0.3) is 0 Å². The van der Waals surface area contributed by atoms with Crippen molar-refractivity contribution in [3.63, 3.8) is 0 Å². The molecule has 0 amide bonds. The Morgan fingerprint density at radius 3 is 2.62 bits per heavy atom. The van der Waals surface area contributed by atoms with Crippen LogP contribution in [0.2, 0.25) is 0 Å². The van der Waals surface area contributed by atoms with Crippen molar-refractivity contribution in [2.45, 2.75) is 25.8 Å². The molecule has 13 heavy (non-hydrogen) atoms. The monoisotopic (exact) mass is 186 g/mol. The van der Waals surface area contributed by atoms with Gasteiger partial charge in [0, 0.05) is 32.8 Å². The fourth-order valence-corrected chi connectivity index (χ4v) is 1.69. The van der Waals surface area contributed by atoms with Gasteiger partial charge >= 0.3 is 0 Å². The van der Waals surface area contributed by atoms with Crippen molar-refractivity contribution in [1.29, 1.82) is 0 Å². The summed E-state index contributed by atoms with van der Waals surface area (Å²) in [5, 5.41) is 3.31. The molecule has 0 saturated carbocycles. The molecule has 3 heteroatoms. The van der Waals surface area contributed by atoms with Crippen molar-refractivity contribution in [3.8, 4) is 0 Å². The normalized spacial score (nSPS) is 17.8. The molecule has 1 fully saturated rings. The Morgan fingerprint density at radius 2 is 2.15 bits per heavy atom. The van der Waals surface area contributed by atoms with Crippen LogP contribution in [0.15, 0.2) is 0 Å². The second-order valence-corrected chi connectivity index (χ2v) is 3.64. The van der Waals surface area contributed by atoms with Crippen LogP contribution in [0, 0.1) is 0 Å². The quantitative estimate of drug-likeness (QED) is 0.593. The SMILES string of the molecule is CCN(CCCCOC)C1CNC1. The first-order chi connectivity index (χ1) is 6.38. The molecule has 0 unspecified atom stereocenters. The zero-order valence-corrected chi connectivity index (χ0v) is 8.88. The minimum absolute atomic E-state index is 0.799. The van der Waals surface area contributed by atoms with Gasteiger partial charge in [-0.2, -0.15) is 0 Å². The van der Waals surface area contributed by atoms with Crippen LogP contribution < -0.4 is 5.32 Å². The molecule has 0 spiro atoms. The van der Waals surface area contributed by atoms with Gasteiger partial charge in [0.1, 0.15) is 0 Å². The first-order valence-corrected chi connectivity index (χ1v) is 5.32. The van der Waals surface area contributed by atoms with Gasteiger partial charge in [-0.15, -0.1) is 0 Å². The number of unbranched alkanes of at least 4 members (excludes halogenated alkanes) is 1. The summed E-state index contributed by atoms with van der Waals surface area (Å²) in [6.45, 7) is 7.91. The molecule has 0 aromatic rings. The summed E-state index contributed by atoms with van der Waals surface area (Å²) >= 11 is 0. The lowest BCUT2D eigenvalue weighted by atomic mass is 10.1. The summed E-state index contributed by atoms with van der Waals surface area (Å²) < 4.78 is 5.03. The molecule has 0 aromatic carbocycles. The average molecular weight is 186 g/mol. The Kier molecular flexibility index (Phi) is 5.35. The van der Waals surface area contributed by atoms with Crippen LogP contribution in [0.5, 0.6) is 0 Å². The number of nitrogens with zero attached hydrogens (tertiary/aromatic N) is 1. The van der Waals surface area contributed by atoms with E-state index in [1.54, 1.807) is 7.11 Å². The van der Waals surface area contributed by atoms with E-state index in [4.69, 9.17) is 4.74 Å². The number of nitrogens with one attached hydrogen (secondary N) is 1. The van der Waals surface area contributed by atoms with Gasteiger partial charge < -0.3 is 10.1 Å². The number of methoxy groups -OCH3 is 1. The molecule has 0 aliphatic carbocycles. The third-order valence-electron chi connectivity index (χ3n) is 2.73. The lowest BCUT2D eigenvalue weighted by Crippen LogP contribution is -2.57. The molecule has 1 heterocycles. The third kappa shape index (κ3) is 3.63. The van der Waals surface area contributed by atoms with Gasteiger partial charge in [0.05, 0.1) is 0 Å². The van der Waals surface area contributed by atoms with Crippen molar-refractivity contribution >= 4 is 0 Å². The van der Waals surface area contributed by atoms with Crippen LogP contribution in [0.3, 0.4) is 0 Å². The minimum Gasteiger partial charge on any atom is -0.385 e. The number of likely N-dealkylation sites (N-methyl/N-ethyl adjacent to an activating group) is 1. The number of hydrogen-bond acceptors (Lipinski definition) is 3. The van der Waals surface area contributed by atoms with Gasteiger partial charge in [-0.1, -0.05) is 6.92 Å². The molecule has 1 rings (SSSR count). The summed E-state index contributed by atoms with van der Waals surface area (Å²) in [5.41, 5.74) is 0. The predicted octanol–water partition coefficient (Wildman–Crippen LogP) is 0.707. The highest BCUT2D eigenvalue weighted by atomic mass is 16.5. The number of ether oxygens (including phenoxy) is 1. The van der Waals surface area contributed by atoms with Gasteiger partial charge in [0.15, 0.2) is 0 Å². The zero-order valence-electron chi connectivity index (χ0n) is 8.88. The van der Waals surface area contributed by atoms with E-state index in [9.17, 15) is 0 Å². The van der Waals surface area contributed by atoms with Crippen molar-refractivity contribution in [2.24, 2.45) is 0 Å². The predicted molar refractivity (Wildman–Crippen MR) is 55.0 cm³/mol.